The molecule has 1 unspecified atom stereocenters. The highest BCUT2D eigenvalue weighted by molar-refractivity contribution is 5.44. The smallest absolute Gasteiger partial charge is 0.161 e. The highest BCUT2D eigenvalue weighted by Crippen LogP contribution is 2.38. The molecule has 3 rings (SSSR count). The summed E-state index contributed by atoms with van der Waals surface area (Å²) >= 11 is 0. The lowest BCUT2D eigenvalue weighted by Gasteiger charge is -2.21. The van der Waals surface area contributed by atoms with Crippen molar-refractivity contribution >= 4 is 0 Å². The third-order valence-electron chi connectivity index (χ3n) is 6.12. The Morgan fingerprint density at radius 1 is 1.07 bits per heavy atom. The molecule has 0 spiro atoms. The molecule has 1 aromatic rings. The van der Waals surface area contributed by atoms with E-state index in [0.29, 0.717) is 17.8 Å². The first kappa shape index (κ1) is 21.7. The van der Waals surface area contributed by atoms with Gasteiger partial charge in [0.2, 0.25) is 0 Å². The molecule has 1 fully saturated rings. The summed E-state index contributed by atoms with van der Waals surface area (Å²) in [5.41, 5.74) is 1.37. The standard InChI is InChI=1S/C26H37NO2/c1-5-6-11-21(3)29-26-16-23(14-15-25(26)28-4)24-19-27(17-20(24)2)18-22-12-9-7-8-10-13-22/h7-10,12-16,20-22,24H,5-6,11,17-19H2,1-4H3/t20-,21?,24+/m0/s1. The number of hydrogen-bond acceptors (Lipinski definition) is 3. The average Bonchev–Trinajstić information content (AvgIpc) is 2.90. The molecule has 1 heterocycles. The van der Waals surface area contributed by atoms with Gasteiger partial charge in [-0.1, -0.05) is 69.2 Å². The first-order valence-electron chi connectivity index (χ1n) is 11.2. The van der Waals surface area contributed by atoms with Crippen molar-refractivity contribution < 1.29 is 9.47 Å². The summed E-state index contributed by atoms with van der Waals surface area (Å²) < 4.78 is 11.8. The first-order valence-corrected chi connectivity index (χ1v) is 11.2. The SMILES string of the molecule is CCCCC(C)Oc1cc([C@@H]2CN(CC3C=CC=CC=C3)C[C@@H]2C)ccc1OC. The van der Waals surface area contributed by atoms with Gasteiger partial charge in [-0.3, -0.25) is 0 Å². The maximum Gasteiger partial charge on any atom is 0.161 e. The number of nitrogens with zero attached hydrogens (tertiary/aromatic N) is 1. The molecule has 29 heavy (non-hydrogen) atoms. The molecule has 3 heteroatoms. The number of likely N-dealkylation sites (tertiary alicyclic amines) is 1. The number of hydrogen-bond donors (Lipinski definition) is 0. The molecule has 1 aromatic carbocycles. The summed E-state index contributed by atoms with van der Waals surface area (Å²) in [5.74, 6) is 3.38. The monoisotopic (exact) mass is 395 g/mol. The van der Waals surface area contributed by atoms with Crippen LogP contribution in [0.4, 0.5) is 0 Å². The van der Waals surface area contributed by atoms with Crippen LogP contribution in [0.5, 0.6) is 11.5 Å². The van der Waals surface area contributed by atoms with Crippen molar-refractivity contribution in [1.82, 2.24) is 4.90 Å². The number of unbranched alkanes of at least 4 members (excludes halogenated alkanes) is 1. The molecule has 1 aliphatic heterocycles. The van der Waals surface area contributed by atoms with Gasteiger partial charge in [0.05, 0.1) is 13.2 Å². The van der Waals surface area contributed by atoms with E-state index in [9.17, 15) is 0 Å². The number of benzene rings is 1. The second-order valence-electron chi connectivity index (χ2n) is 8.60. The van der Waals surface area contributed by atoms with E-state index in [2.05, 4.69) is 80.3 Å². The van der Waals surface area contributed by atoms with Crippen LogP contribution in [0.15, 0.2) is 54.7 Å². The van der Waals surface area contributed by atoms with Gasteiger partial charge in [-0.15, -0.1) is 0 Å². The Labute approximate surface area is 177 Å². The van der Waals surface area contributed by atoms with Gasteiger partial charge in [-0.25, -0.2) is 0 Å². The molecule has 0 N–H and O–H groups in total. The van der Waals surface area contributed by atoms with Crippen molar-refractivity contribution in [2.75, 3.05) is 26.7 Å². The summed E-state index contributed by atoms with van der Waals surface area (Å²) in [7, 11) is 1.72. The minimum absolute atomic E-state index is 0.207. The number of rotatable bonds is 9. The molecular weight excluding hydrogens is 358 g/mol. The Bertz CT molecular complexity index is 720. The van der Waals surface area contributed by atoms with Crippen molar-refractivity contribution in [3.05, 3.63) is 60.2 Å². The van der Waals surface area contributed by atoms with Crippen molar-refractivity contribution in [1.29, 1.82) is 0 Å². The van der Waals surface area contributed by atoms with Crippen molar-refractivity contribution in [2.45, 2.75) is 52.1 Å². The molecule has 0 radical (unpaired) electrons. The number of allylic oxidation sites excluding steroid dienone is 4. The van der Waals surface area contributed by atoms with E-state index in [1.54, 1.807) is 7.11 Å². The maximum atomic E-state index is 6.27. The van der Waals surface area contributed by atoms with E-state index in [1.165, 1.54) is 18.4 Å². The van der Waals surface area contributed by atoms with E-state index in [1.807, 2.05) is 0 Å². The molecule has 0 aromatic heterocycles. The van der Waals surface area contributed by atoms with Crippen LogP contribution in [0.25, 0.3) is 0 Å². The van der Waals surface area contributed by atoms with E-state index in [0.717, 1.165) is 37.6 Å². The van der Waals surface area contributed by atoms with Crippen LogP contribution >= 0.6 is 0 Å². The summed E-state index contributed by atoms with van der Waals surface area (Å²) in [6.45, 7) is 10.1. The predicted molar refractivity (Wildman–Crippen MR) is 122 cm³/mol. The fourth-order valence-corrected chi connectivity index (χ4v) is 4.46. The maximum absolute atomic E-state index is 6.27. The van der Waals surface area contributed by atoms with Gasteiger partial charge in [-0.05, 0) is 37.0 Å². The molecule has 0 amide bonds. The van der Waals surface area contributed by atoms with Crippen LogP contribution in [-0.2, 0) is 0 Å². The average molecular weight is 396 g/mol. The van der Waals surface area contributed by atoms with Crippen molar-refractivity contribution in [3.8, 4) is 11.5 Å². The zero-order valence-electron chi connectivity index (χ0n) is 18.5. The predicted octanol–water partition coefficient (Wildman–Crippen LogP) is 5.99. The van der Waals surface area contributed by atoms with Crippen LogP contribution in [0, 0.1) is 11.8 Å². The van der Waals surface area contributed by atoms with E-state index in [-0.39, 0.29) is 6.10 Å². The second-order valence-corrected chi connectivity index (χ2v) is 8.60. The fraction of sp³-hybridized carbons (Fsp3) is 0.538. The lowest BCUT2D eigenvalue weighted by Crippen LogP contribution is -2.26. The Balaban J connectivity index is 1.68. The minimum atomic E-state index is 0.207. The molecule has 0 bridgehead atoms. The molecule has 1 saturated heterocycles. The highest BCUT2D eigenvalue weighted by Gasteiger charge is 2.32. The largest absolute Gasteiger partial charge is 0.493 e. The van der Waals surface area contributed by atoms with Gasteiger partial charge < -0.3 is 14.4 Å². The normalized spacial score (nSPS) is 23.3. The molecular formula is C26H37NO2. The number of ether oxygens (including phenoxy) is 2. The first-order chi connectivity index (χ1) is 14.1. The quantitative estimate of drug-likeness (QED) is 0.513. The van der Waals surface area contributed by atoms with Crippen molar-refractivity contribution in [2.24, 2.45) is 11.8 Å². The van der Waals surface area contributed by atoms with Gasteiger partial charge in [0.25, 0.3) is 0 Å². The van der Waals surface area contributed by atoms with Crippen LogP contribution in [0.2, 0.25) is 0 Å². The van der Waals surface area contributed by atoms with Crippen LogP contribution < -0.4 is 9.47 Å². The number of methoxy groups -OCH3 is 1. The van der Waals surface area contributed by atoms with Gasteiger partial charge >= 0.3 is 0 Å². The van der Waals surface area contributed by atoms with Crippen LogP contribution in [-0.4, -0.2) is 37.7 Å². The van der Waals surface area contributed by atoms with E-state index < -0.39 is 0 Å². The molecule has 0 saturated carbocycles. The summed E-state index contributed by atoms with van der Waals surface area (Å²) in [6, 6.07) is 6.53. The summed E-state index contributed by atoms with van der Waals surface area (Å²) in [5, 5.41) is 0. The van der Waals surface area contributed by atoms with E-state index in [4.69, 9.17) is 9.47 Å². The second kappa shape index (κ2) is 10.7. The summed E-state index contributed by atoms with van der Waals surface area (Å²) in [6.07, 6.45) is 16.8. The Hall–Kier alpha value is -2.00. The van der Waals surface area contributed by atoms with Crippen molar-refractivity contribution in [3.63, 3.8) is 0 Å². The fourth-order valence-electron chi connectivity index (χ4n) is 4.46. The molecule has 2 aliphatic rings. The molecule has 158 valence electrons. The third-order valence-corrected chi connectivity index (χ3v) is 6.12. The van der Waals surface area contributed by atoms with E-state index >= 15 is 0 Å². The third kappa shape index (κ3) is 5.99. The van der Waals surface area contributed by atoms with Gasteiger partial charge in [0.15, 0.2) is 11.5 Å². The molecule has 1 aliphatic carbocycles. The molecule has 3 atom stereocenters. The Kier molecular flexibility index (Phi) is 8.00. The van der Waals surface area contributed by atoms with Gasteiger partial charge in [0.1, 0.15) is 0 Å². The highest BCUT2D eigenvalue weighted by atomic mass is 16.5. The lowest BCUT2D eigenvalue weighted by molar-refractivity contribution is 0.198. The van der Waals surface area contributed by atoms with Gasteiger partial charge in [0, 0.05) is 31.5 Å². The summed E-state index contributed by atoms with van der Waals surface area (Å²) in [4.78, 5) is 2.61. The Morgan fingerprint density at radius 2 is 1.83 bits per heavy atom. The van der Waals surface area contributed by atoms with Gasteiger partial charge in [-0.2, -0.15) is 0 Å². The zero-order chi connectivity index (χ0) is 20.6. The lowest BCUT2D eigenvalue weighted by atomic mass is 9.90. The van der Waals surface area contributed by atoms with Crippen LogP contribution in [0.1, 0.15) is 51.5 Å². The molecule has 3 nitrogen and oxygen atoms in total. The topological polar surface area (TPSA) is 21.7 Å². The zero-order valence-corrected chi connectivity index (χ0v) is 18.5. The minimum Gasteiger partial charge on any atom is -0.493 e. The Morgan fingerprint density at radius 3 is 2.52 bits per heavy atom. The van der Waals surface area contributed by atoms with Crippen LogP contribution in [0.3, 0.4) is 0 Å².